The van der Waals surface area contributed by atoms with E-state index in [4.69, 9.17) is 0 Å². The predicted octanol–water partition coefficient (Wildman–Crippen LogP) is 1.67. The number of alkyl halides is 3. The molecule has 7 nitrogen and oxygen atoms in total. The van der Waals surface area contributed by atoms with Crippen LogP contribution in [0.25, 0.3) is 0 Å². The number of aromatic nitrogens is 3. The fourth-order valence-electron chi connectivity index (χ4n) is 1.82. The molecule has 0 radical (unpaired) electrons. The summed E-state index contributed by atoms with van der Waals surface area (Å²) < 4.78 is 37.8. The third kappa shape index (κ3) is 4.54. The zero-order valence-corrected chi connectivity index (χ0v) is 12.8. The molecular weight excluding hydrogens is 327 g/mol. The summed E-state index contributed by atoms with van der Waals surface area (Å²) in [6.45, 7) is 0.255. The number of anilines is 1. The van der Waals surface area contributed by atoms with Gasteiger partial charge in [-0.3, -0.25) is 14.3 Å². The standard InChI is InChI=1S/C14H14F3N5O2/c1-8-3-4-9(12(23)18-7-14(15,16)17)5-10(8)19-13(24)11-6-22(2)21-20-11/h3-6H,7H2,1-2H3,(H,18,23)(H,19,24). The van der Waals surface area contributed by atoms with Crippen molar-refractivity contribution in [1.29, 1.82) is 0 Å². The van der Waals surface area contributed by atoms with Crippen LogP contribution in [-0.2, 0) is 7.05 Å². The van der Waals surface area contributed by atoms with Crippen LogP contribution in [0.3, 0.4) is 0 Å². The zero-order chi connectivity index (χ0) is 17.9. The second kappa shape index (κ2) is 6.69. The van der Waals surface area contributed by atoms with Crippen LogP contribution < -0.4 is 10.6 Å². The summed E-state index contributed by atoms with van der Waals surface area (Å²) in [6.07, 6.45) is -3.09. The van der Waals surface area contributed by atoms with Crippen LogP contribution in [0.5, 0.6) is 0 Å². The molecule has 0 atom stereocenters. The molecule has 10 heteroatoms. The Kier molecular flexibility index (Phi) is 4.86. The van der Waals surface area contributed by atoms with Crippen LogP contribution in [-0.4, -0.2) is 39.5 Å². The number of rotatable bonds is 4. The van der Waals surface area contributed by atoms with Crippen LogP contribution in [0.2, 0.25) is 0 Å². The van der Waals surface area contributed by atoms with Gasteiger partial charge in [-0.25, -0.2) is 0 Å². The van der Waals surface area contributed by atoms with Gasteiger partial charge in [0, 0.05) is 18.3 Å². The molecule has 0 saturated heterocycles. The number of carbonyl (C=O) groups is 2. The maximum atomic E-state index is 12.2. The molecule has 0 aliphatic carbocycles. The minimum absolute atomic E-state index is 0.000652. The average molecular weight is 341 g/mol. The molecular formula is C14H14F3N5O2. The molecule has 2 amide bonds. The lowest BCUT2D eigenvalue weighted by Crippen LogP contribution is -2.33. The lowest BCUT2D eigenvalue weighted by molar-refractivity contribution is -0.123. The van der Waals surface area contributed by atoms with Crippen LogP contribution in [0, 0.1) is 6.92 Å². The largest absolute Gasteiger partial charge is 0.405 e. The lowest BCUT2D eigenvalue weighted by Gasteiger charge is -2.11. The number of halogens is 3. The first kappa shape index (κ1) is 17.4. The number of nitrogens with zero attached hydrogens (tertiary/aromatic N) is 3. The number of aryl methyl sites for hydroxylation is 2. The van der Waals surface area contributed by atoms with Gasteiger partial charge in [0.05, 0.1) is 6.20 Å². The van der Waals surface area contributed by atoms with Gasteiger partial charge in [-0.15, -0.1) is 5.10 Å². The van der Waals surface area contributed by atoms with Gasteiger partial charge in [0.1, 0.15) is 6.54 Å². The first-order chi connectivity index (χ1) is 11.2. The first-order valence-electron chi connectivity index (χ1n) is 6.79. The number of amides is 2. The Morgan fingerprint density at radius 1 is 1.25 bits per heavy atom. The maximum absolute atomic E-state index is 12.2. The van der Waals surface area contributed by atoms with Crippen molar-refractivity contribution in [3.8, 4) is 0 Å². The van der Waals surface area contributed by atoms with Gasteiger partial charge in [0.15, 0.2) is 5.69 Å². The van der Waals surface area contributed by atoms with Crippen molar-refractivity contribution >= 4 is 17.5 Å². The van der Waals surface area contributed by atoms with Gasteiger partial charge in [-0.2, -0.15) is 13.2 Å². The number of benzene rings is 1. The van der Waals surface area contributed by atoms with Crippen LogP contribution >= 0.6 is 0 Å². The summed E-state index contributed by atoms with van der Waals surface area (Å²) in [5.41, 5.74) is 1.01. The van der Waals surface area contributed by atoms with E-state index in [9.17, 15) is 22.8 Å². The molecule has 0 aliphatic heterocycles. The number of hydrogen-bond donors (Lipinski definition) is 2. The number of nitrogens with one attached hydrogen (secondary N) is 2. The molecule has 0 spiro atoms. The Hall–Kier alpha value is -2.91. The molecule has 1 heterocycles. The Balaban J connectivity index is 2.13. The Morgan fingerprint density at radius 2 is 1.96 bits per heavy atom. The summed E-state index contributed by atoms with van der Waals surface area (Å²) in [4.78, 5) is 23.8. The molecule has 0 fully saturated rings. The van der Waals surface area contributed by atoms with Crippen molar-refractivity contribution in [2.75, 3.05) is 11.9 Å². The fraction of sp³-hybridized carbons (Fsp3) is 0.286. The Labute approximate surface area is 134 Å². The van der Waals surface area contributed by atoms with Gasteiger partial charge < -0.3 is 10.6 Å². The van der Waals surface area contributed by atoms with Crippen molar-refractivity contribution in [2.24, 2.45) is 7.05 Å². The highest BCUT2D eigenvalue weighted by molar-refractivity contribution is 6.04. The Morgan fingerprint density at radius 3 is 2.54 bits per heavy atom. The van der Waals surface area contributed by atoms with E-state index in [-0.39, 0.29) is 11.3 Å². The fourth-order valence-corrected chi connectivity index (χ4v) is 1.82. The van der Waals surface area contributed by atoms with Crippen molar-refractivity contribution < 1.29 is 22.8 Å². The summed E-state index contributed by atoms with van der Waals surface area (Å²) in [6, 6.07) is 4.20. The van der Waals surface area contributed by atoms with E-state index < -0.39 is 24.5 Å². The van der Waals surface area contributed by atoms with Crippen molar-refractivity contribution in [2.45, 2.75) is 13.1 Å². The Bertz CT molecular complexity index is 770. The summed E-state index contributed by atoms with van der Waals surface area (Å²) in [7, 11) is 1.60. The van der Waals surface area contributed by atoms with E-state index in [1.807, 2.05) is 0 Å². The third-order valence-electron chi connectivity index (χ3n) is 3.03. The van der Waals surface area contributed by atoms with Gasteiger partial charge in [0.25, 0.3) is 11.8 Å². The molecule has 2 rings (SSSR count). The van der Waals surface area contributed by atoms with Crippen molar-refractivity contribution in [1.82, 2.24) is 20.3 Å². The molecule has 0 unspecified atom stereocenters. The van der Waals surface area contributed by atoms with E-state index in [1.165, 1.54) is 29.1 Å². The highest BCUT2D eigenvalue weighted by atomic mass is 19.4. The van der Waals surface area contributed by atoms with E-state index in [0.29, 0.717) is 11.3 Å². The first-order valence-corrected chi connectivity index (χ1v) is 6.79. The van der Waals surface area contributed by atoms with Gasteiger partial charge in [-0.1, -0.05) is 11.3 Å². The molecule has 2 aromatic rings. The molecule has 128 valence electrons. The number of hydrogen-bond acceptors (Lipinski definition) is 4. The minimum atomic E-state index is -4.50. The summed E-state index contributed by atoms with van der Waals surface area (Å²) in [5.74, 6) is -1.43. The predicted molar refractivity (Wildman–Crippen MR) is 78.5 cm³/mol. The molecule has 1 aromatic carbocycles. The van der Waals surface area contributed by atoms with E-state index >= 15 is 0 Å². The molecule has 24 heavy (non-hydrogen) atoms. The van der Waals surface area contributed by atoms with Crippen LogP contribution in [0.15, 0.2) is 24.4 Å². The maximum Gasteiger partial charge on any atom is 0.405 e. The van der Waals surface area contributed by atoms with Crippen molar-refractivity contribution in [3.05, 3.63) is 41.2 Å². The van der Waals surface area contributed by atoms with E-state index in [2.05, 4.69) is 15.6 Å². The monoisotopic (exact) mass is 341 g/mol. The molecule has 0 bridgehead atoms. The highest BCUT2D eigenvalue weighted by Gasteiger charge is 2.28. The molecule has 0 saturated carbocycles. The molecule has 1 aromatic heterocycles. The SMILES string of the molecule is Cc1ccc(C(=O)NCC(F)(F)F)cc1NC(=O)c1cn(C)nn1. The zero-order valence-electron chi connectivity index (χ0n) is 12.8. The summed E-state index contributed by atoms with van der Waals surface area (Å²) >= 11 is 0. The lowest BCUT2D eigenvalue weighted by atomic mass is 10.1. The van der Waals surface area contributed by atoms with Gasteiger partial charge in [0.2, 0.25) is 0 Å². The van der Waals surface area contributed by atoms with Gasteiger partial charge >= 0.3 is 6.18 Å². The van der Waals surface area contributed by atoms with Crippen LogP contribution in [0.1, 0.15) is 26.4 Å². The molecule has 2 N–H and O–H groups in total. The van der Waals surface area contributed by atoms with Gasteiger partial charge in [-0.05, 0) is 24.6 Å². The van der Waals surface area contributed by atoms with E-state index in [0.717, 1.165) is 0 Å². The van der Waals surface area contributed by atoms with Crippen molar-refractivity contribution in [3.63, 3.8) is 0 Å². The van der Waals surface area contributed by atoms with E-state index in [1.54, 1.807) is 19.3 Å². The smallest absolute Gasteiger partial charge is 0.343 e. The highest BCUT2D eigenvalue weighted by Crippen LogP contribution is 2.18. The quantitative estimate of drug-likeness (QED) is 0.885. The summed E-state index contributed by atoms with van der Waals surface area (Å²) in [5, 5.41) is 11.6. The second-order valence-corrected chi connectivity index (χ2v) is 5.06. The average Bonchev–Trinajstić information content (AvgIpc) is 2.93. The van der Waals surface area contributed by atoms with Crippen LogP contribution in [0.4, 0.5) is 18.9 Å². The third-order valence-corrected chi connectivity index (χ3v) is 3.03. The minimum Gasteiger partial charge on any atom is -0.343 e. The molecule has 0 aliphatic rings. The topological polar surface area (TPSA) is 88.9 Å². The normalized spacial score (nSPS) is 11.2. The number of carbonyl (C=O) groups excluding carboxylic acids is 2. The second-order valence-electron chi connectivity index (χ2n) is 5.06.